The van der Waals surface area contributed by atoms with Crippen molar-refractivity contribution in [3.8, 4) is 5.82 Å². The first-order valence-corrected chi connectivity index (χ1v) is 9.79. The maximum Gasteiger partial charge on any atom is 0.433 e. The maximum absolute atomic E-state index is 13.5. The summed E-state index contributed by atoms with van der Waals surface area (Å²) < 4.78 is 80.8. The summed E-state index contributed by atoms with van der Waals surface area (Å²) >= 11 is 5.94. The molecule has 0 aliphatic heterocycles. The average Bonchev–Trinajstić information content (AvgIpc) is 3.26. The van der Waals surface area contributed by atoms with Crippen molar-refractivity contribution in [3.05, 3.63) is 59.3 Å². The maximum atomic E-state index is 13.5. The largest absolute Gasteiger partial charge is 0.433 e. The van der Waals surface area contributed by atoms with Gasteiger partial charge in [-0.25, -0.2) is 24.9 Å². The summed E-state index contributed by atoms with van der Waals surface area (Å²) in [6.45, 7) is 1.62. The van der Waals surface area contributed by atoms with Gasteiger partial charge in [-0.3, -0.25) is 0 Å². The first-order valence-electron chi connectivity index (χ1n) is 9.41. The minimum absolute atomic E-state index is 0.0316. The molecule has 3 heterocycles. The van der Waals surface area contributed by atoms with Crippen LogP contribution in [0.3, 0.4) is 0 Å². The molecule has 0 N–H and O–H groups in total. The van der Waals surface area contributed by atoms with E-state index in [1.807, 2.05) is 0 Å². The van der Waals surface area contributed by atoms with Gasteiger partial charge in [0.1, 0.15) is 30.5 Å². The molecule has 0 saturated heterocycles. The molecule has 4 rings (SSSR count). The number of aromatic nitrogens is 7. The van der Waals surface area contributed by atoms with E-state index >= 15 is 0 Å². The Labute approximate surface area is 192 Å². The number of nitrogens with zero attached hydrogens (tertiary/aromatic N) is 8. The molecule has 34 heavy (non-hydrogen) atoms. The van der Waals surface area contributed by atoms with Crippen LogP contribution < -0.4 is 4.90 Å². The number of benzene rings is 1. The Morgan fingerprint density at radius 3 is 2.26 bits per heavy atom. The molecular weight excluding hydrogens is 490 g/mol. The SMILES string of the molecule is C[C@@H](c1ncnn1-c1cc(C(F)(F)F)ncn1)N(C)c1ncnc2c(C(F)(F)F)cc(Cl)cc12. The van der Waals surface area contributed by atoms with Crippen molar-refractivity contribution in [2.24, 2.45) is 0 Å². The van der Waals surface area contributed by atoms with E-state index in [-0.39, 0.29) is 33.4 Å². The Kier molecular flexibility index (Phi) is 5.79. The summed E-state index contributed by atoms with van der Waals surface area (Å²) in [6.07, 6.45) is -6.56. The quantitative estimate of drug-likeness (QED) is 0.367. The standard InChI is InChI=1S/C19H13ClF6N8/c1-9(16-31-8-32-34(16)14-5-13(19(24,25)26)27-6-28-14)33(2)17-11-3-10(20)4-12(18(21,22)23)15(11)29-7-30-17/h3-9H,1-2H3/t9-/m0/s1. The molecule has 0 bridgehead atoms. The van der Waals surface area contributed by atoms with Crippen LogP contribution in [0, 0.1) is 0 Å². The summed E-state index contributed by atoms with van der Waals surface area (Å²) in [5.74, 6) is 0.0582. The third-order valence-electron chi connectivity index (χ3n) is 5.01. The number of hydrogen-bond donors (Lipinski definition) is 0. The highest BCUT2D eigenvalue weighted by Crippen LogP contribution is 2.39. The second kappa shape index (κ2) is 8.34. The molecule has 8 nitrogen and oxygen atoms in total. The van der Waals surface area contributed by atoms with Gasteiger partial charge in [0.15, 0.2) is 11.6 Å². The highest BCUT2D eigenvalue weighted by atomic mass is 35.5. The Bertz CT molecular complexity index is 1350. The van der Waals surface area contributed by atoms with Crippen LogP contribution in [0.1, 0.15) is 30.0 Å². The van der Waals surface area contributed by atoms with Crippen LogP contribution in [0.5, 0.6) is 0 Å². The van der Waals surface area contributed by atoms with E-state index in [2.05, 4.69) is 30.0 Å². The lowest BCUT2D eigenvalue weighted by molar-refractivity contribution is -0.141. The Morgan fingerprint density at radius 2 is 1.59 bits per heavy atom. The number of hydrogen-bond acceptors (Lipinski definition) is 7. The molecule has 0 fully saturated rings. The van der Waals surface area contributed by atoms with Crippen molar-refractivity contribution < 1.29 is 26.3 Å². The van der Waals surface area contributed by atoms with Crippen molar-refractivity contribution in [1.82, 2.24) is 34.7 Å². The van der Waals surface area contributed by atoms with E-state index in [0.29, 0.717) is 6.07 Å². The van der Waals surface area contributed by atoms with Gasteiger partial charge in [-0.05, 0) is 19.1 Å². The predicted molar refractivity (Wildman–Crippen MR) is 108 cm³/mol. The fourth-order valence-corrected chi connectivity index (χ4v) is 3.52. The van der Waals surface area contributed by atoms with Gasteiger partial charge in [-0.2, -0.15) is 36.1 Å². The number of alkyl halides is 6. The van der Waals surface area contributed by atoms with E-state index in [9.17, 15) is 26.3 Å². The highest BCUT2D eigenvalue weighted by molar-refractivity contribution is 6.31. The fraction of sp³-hybridized carbons (Fsp3) is 0.263. The molecule has 0 saturated carbocycles. The summed E-state index contributed by atoms with van der Waals surface area (Å²) in [6, 6.07) is 2.06. The third-order valence-corrected chi connectivity index (χ3v) is 5.23. The van der Waals surface area contributed by atoms with Gasteiger partial charge < -0.3 is 4.90 Å². The minimum atomic E-state index is -4.71. The lowest BCUT2D eigenvalue weighted by atomic mass is 10.1. The van der Waals surface area contributed by atoms with E-state index in [1.165, 1.54) is 18.0 Å². The molecule has 1 aromatic carbocycles. The molecule has 15 heteroatoms. The van der Waals surface area contributed by atoms with Gasteiger partial charge in [0, 0.05) is 23.5 Å². The normalized spacial score (nSPS) is 13.3. The molecule has 0 amide bonds. The summed E-state index contributed by atoms with van der Waals surface area (Å²) in [7, 11) is 1.53. The molecular formula is C19H13ClF6N8. The molecule has 0 unspecified atom stereocenters. The van der Waals surface area contributed by atoms with E-state index in [0.717, 1.165) is 29.7 Å². The van der Waals surface area contributed by atoms with Crippen LogP contribution in [0.2, 0.25) is 5.02 Å². The van der Waals surface area contributed by atoms with Gasteiger partial charge in [-0.1, -0.05) is 11.6 Å². The molecule has 0 radical (unpaired) electrons. The van der Waals surface area contributed by atoms with Crippen molar-refractivity contribution in [2.75, 3.05) is 11.9 Å². The molecule has 0 aliphatic carbocycles. The van der Waals surface area contributed by atoms with Crippen LogP contribution in [-0.4, -0.2) is 41.7 Å². The predicted octanol–water partition coefficient (Wildman–Crippen LogP) is 4.89. The van der Waals surface area contributed by atoms with Gasteiger partial charge in [0.05, 0.1) is 17.1 Å². The van der Waals surface area contributed by atoms with Gasteiger partial charge in [-0.15, -0.1) is 0 Å². The summed E-state index contributed by atoms with van der Waals surface area (Å²) in [5.41, 5.74) is -2.55. The third kappa shape index (κ3) is 4.32. The second-order valence-corrected chi connectivity index (χ2v) is 7.56. The van der Waals surface area contributed by atoms with Crippen LogP contribution in [0.15, 0.2) is 37.2 Å². The molecule has 1 atom stereocenters. The summed E-state index contributed by atoms with van der Waals surface area (Å²) in [5, 5.41) is 3.81. The van der Waals surface area contributed by atoms with Gasteiger partial charge >= 0.3 is 12.4 Å². The van der Waals surface area contributed by atoms with Gasteiger partial charge in [0.25, 0.3) is 0 Å². The smallest absolute Gasteiger partial charge is 0.349 e. The molecule has 0 aliphatic rings. The van der Waals surface area contributed by atoms with Crippen molar-refractivity contribution in [3.63, 3.8) is 0 Å². The molecule has 0 spiro atoms. The van der Waals surface area contributed by atoms with Crippen LogP contribution >= 0.6 is 11.6 Å². The lowest BCUT2D eigenvalue weighted by Crippen LogP contribution is -2.26. The fourth-order valence-electron chi connectivity index (χ4n) is 3.30. The average molecular weight is 503 g/mol. The van der Waals surface area contributed by atoms with Crippen LogP contribution in [-0.2, 0) is 12.4 Å². The minimum Gasteiger partial charge on any atom is -0.349 e. The van der Waals surface area contributed by atoms with E-state index in [1.54, 1.807) is 6.92 Å². The van der Waals surface area contributed by atoms with Crippen molar-refractivity contribution in [1.29, 1.82) is 0 Å². The monoisotopic (exact) mass is 502 g/mol. The number of fused-ring (bicyclic) bond motifs is 1. The second-order valence-electron chi connectivity index (χ2n) is 7.12. The Hall–Kier alpha value is -3.55. The zero-order chi connectivity index (χ0) is 24.8. The topological polar surface area (TPSA) is 85.5 Å². The molecule has 4 aromatic rings. The first kappa shape index (κ1) is 23.6. The first-order chi connectivity index (χ1) is 15.9. The van der Waals surface area contributed by atoms with Crippen LogP contribution in [0.25, 0.3) is 16.7 Å². The lowest BCUT2D eigenvalue weighted by Gasteiger charge is -2.26. The number of anilines is 1. The summed E-state index contributed by atoms with van der Waals surface area (Å²) in [4.78, 5) is 20.5. The Balaban J connectivity index is 1.78. The highest BCUT2D eigenvalue weighted by Gasteiger charge is 2.35. The van der Waals surface area contributed by atoms with E-state index < -0.39 is 29.7 Å². The van der Waals surface area contributed by atoms with Crippen molar-refractivity contribution in [2.45, 2.75) is 25.3 Å². The van der Waals surface area contributed by atoms with E-state index in [4.69, 9.17) is 11.6 Å². The zero-order valence-corrected chi connectivity index (χ0v) is 18.0. The van der Waals surface area contributed by atoms with Crippen molar-refractivity contribution >= 4 is 28.3 Å². The molecule has 178 valence electrons. The van der Waals surface area contributed by atoms with Crippen LogP contribution in [0.4, 0.5) is 32.2 Å². The number of halogens is 7. The Morgan fingerprint density at radius 1 is 0.882 bits per heavy atom. The number of rotatable bonds is 4. The van der Waals surface area contributed by atoms with Gasteiger partial charge in [0.2, 0.25) is 0 Å². The zero-order valence-electron chi connectivity index (χ0n) is 17.3. The molecule has 3 aromatic heterocycles.